The zero-order chi connectivity index (χ0) is 11.8. The number of aromatic nitrogens is 2. The summed E-state index contributed by atoms with van der Waals surface area (Å²) in [5.41, 5.74) is 5.95. The fraction of sp³-hybridized carbons (Fsp3) is 0.818. The highest BCUT2D eigenvalue weighted by molar-refractivity contribution is 7.98. The SMILES string of the molecule is CCCCC(N)c1nc(CSCCC)no1. The quantitative estimate of drug-likeness (QED) is 0.711. The van der Waals surface area contributed by atoms with E-state index in [0.29, 0.717) is 5.89 Å². The molecular formula is C11H21N3OS. The number of thioether (sulfide) groups is 1. The van der Waals surface area contributed by atoms with Gasteiger partial charge in [0.2, 0.25) is 5.89 Å². The molecule has 0 saturated carbocycles. The highest BCUT2D eigenvalue weighted by atomic mass is 32.2. The molecule has 0 saturated heterocycles. The van der Waals surface area contributed by atoms with E-state index in [2.05, 4.69) is 24.0 Å². The predicted octanol–water partition coefficient (Wildman–Crippen LogP) is 2.90. The van der Waals surface area contributed by atoms with E-state index >= 15 is 0 Å². The number of unbranched alkanes of at least 4 members (excludes halogenated alkanes) is 1. The zero-order valence-corrected chi connectivity index (χ0v) is 10.9. The Bertz CT molecular complexity index is 291. The Kier molecular flexibility index (Phi) is 6.49. The van der Waals surface area contributed by atoms with Gasteiger partial charge in [-0.15, -0.1) is 0 Å². The van der Waals surface area contributed by atoms with Gasteiger partial charge in [-0.05, 0) is 18.6 Å². The molecule has 4 nitrogen and oxygen atoms in total. The molecule has 0 amide bonds. The maximum atomic E-state index is 5.95. The van der Waals surface area contributed by atoms with Gasteiger partial charge in [-0.3, -0.25) is 0 Å². The first-order chi connectivity index (χ1) is 7.77. The summed E-state index contributed by atoms with van der Waals surface area (Å²) >= 11 is 1.82. The van der Waals surface area contributed by atoms with Crippen LogP contribution in [0, 0.1) is 0 Å². The van der Waals surface area contributed by atoms with E-state index in [1.807, 2.05) is 11.8 Å². The van der Waals surface area contributed by atoms with E-state index in [-0.39, 0.29) is 6.04 Å². The number of hydrogen-bond donors (Lipinski definition) is 1. The van der Waals surface area contributed by atoms with Crippen LogP contribution in [0.15, 0.2) is 4.52 Å². The van der Waals surface area contributed by atoms with Crippen molar-refractivity contribution in [2.24, 2.45) is 5.73 Å². The fourth-order valence-corrected chi connectivity index (χ4v) is 2.06. The second-order valence-corrected chi connectivity index (χ2v) is 4.96. The molecule has 1 aromatic rings. The normalized spacial score (nSPS) is 12.9. The Labute approximate surface area is 101 Å². The summed E-state index contributed by atoms with van der Waals surface area (Å²) in [7, 11) is 0. The van der Waals surface area contributed by atoms with E-state index in [9.17, 15) is 0 Å². The molecule has 1 rings (SSSR count). The monoisotopic (exact) mass is 243 g/mol. The van der Waals surface area contributed by atoms with Crippen LogP contribution in [-0.4, -0.2) is 15.9 Å². The minimum Gasteiger partial charge on any atom is -0.338 e. The van der Waals surface area contributed by atoms with Gasteiger partial charge in [0.15, 0.2) is 5.82 Å². The van der Waals surface area contributed by atoms with Crippen LogP contribution < -0.4 is 5.73 Å². The Morgan fingerprint density at radius 3 is 2.88 bits per heavy atom. The Morgan fingerprint density at radius 2 is 2.19 bits per heavy atom. The van der Waals surface area contributed by atoms with Crippen LogP contribution in [0.2, 0.25) is 0 Å². The molecule has 1 atom stereocenters. The van der Waals surface area contributed by atoms with Crippen molar-refractivity contribution < 1.29 is 4.52 Å². The Morgan fingerprint density at radius 1 is 1.38 bits per heavy atom. The van der Waals surface area contributed by atoms with Gasteiger partial charge in [-0.25, -0.2) is 0 Å². The lowest BCUT2D eigenvalue weighted by Gasteiger charge is -2.03. The van der Waals surface area contributed by atoms with Gasteiger partial charge >= 0.3 is 0 Å². The summed E-state index contributed by atoms with van der Waals surface area (Å²) in [5, 5.41) is 3.93. The average Bonchev–Trinajstić information content (AvgIpc) is 2.75. The van der Waals surface area contributed by atoms with Crippen LogP contribution >= 0.6 is 11.8 Å². The molecule has 0 bridgehead atoms. The minimum absolute atomic E-state index is 0.0997. The van der Waals surface area contributed by atoms with Gasteiger partial charge in [-0.1, -0.05) is 31.8 Å². The van der Waals surface area contributed by atoms with Crippen molar-refractivity contribution in [3.05, 3.63) is 11.7 Å². The van der Waals surface area contributed by atoms with Crippen molar-refractivity contribution in [2.45, 2.75) is 51.3 Å². The summed E-state index contributed by atoms with van der Waals surface area (Å²) in [6.07, 6.45) is 4.33. The molecule has 0 fully saturated rings. The molecule has 0 spiro atoms. The van der Waals surface area contributed by atoms with Gasteiger partial charge < -0.3 is 10.3 Å². The van der Waals surface area contributed by atoms with Crippen LogP contribution in [0.5, 0.6) is 0 Å². The molecule has 16 heavy (non-hydrogen) atoms. The standard InChI is InChI=1S/C11H21N3OS/c1-3-5-6-9(12)11-13-10(14-15-11)8-16-7-4-2/h9H,3-8,12H2,1-2H3. The smallest absolute Gasteiger partial charge is 0.243 e. The molecule has 2 N–H and O–H groups in total. The van der Waals surface area contributed by atoms with Gasteiger partial charge in [0.05, 0.1) is 11.8 Å². The number of nitrogens with zero attached hydrogens (tertiary/aromatic N) is 2. The fourth-order valence-electron chi connectivity index (χ4n) is 1.33. The van der Waals surface area contributed by atoms with Crippen molar-refractivity contribution in [2.75, 3.05) is 5.75 Å². The van der Waals surface area contributed by atoms with Crippen LogP contribution in [-0.2, 0) is 5.75 Å². The summed E-state index contributed by atoms with van der Waals surface area (Å²) in [4.78, 5) is 4.31. The maximum Gasteiger partial charge on any atom is 0.243 e. The molecule has 0 aliphatic rings. The summed E-state index contributed by atoms with van der Waals surface area (Å²) in [6, 6.07) is -0.0997. The lowest BCUT2D eigenvalue weighted by molar-refractivity contribution is 0.343. The molecule has 0 radical (unpaired) electrons. The van der Waals surface area contributed by atoms with E-state index in [0.717, 1.165) is 36.6 Å². The van der Waals surface area contributed by atoms with Crippen LogP contribution in [0.3, 0.4) is 0 Å². The molecule has 1 unspecified atom stereocenters. The highest BCUT2D eigenvalue weighted by Crippen LogP contribution is 2.16. The first kappa shape index (κ1) is 13.5. The number of nitrogens with two attached hydrogens (primary N) is 1. The third-order valence-corrected chi connectivity index (χ3v) is 3.41. The molecule has 1 heterocycles. The largest absolute Gasteiger partial charge is 0.338 e. The van der Waals surface area contributed by atoms with Gasteiger partial charge in [0.25, 0.3) is 0 Å². The lowest BCUT2D eigenvalue weighted by atomic mass is 10.1. The summed E-state index contributed by atoms with van der Waals surface area (Å²) < 4.78 is 5.15. The lowest BCUT2D eigenvalue weighted by Crippen LogP contribution is -2.10. The van der Waals surface area contributed by atoms with Crippen molar-refractivity contribution in [3.63, 3.8) is 0 Å². The first-order valence-electron chi connectivity index (χ1n) is 5.93. The minimum atomic E-state index is -0.0997. The van der Waals surface area contributed by atoms with E-state index in [1.54, 1.807) is 0 Å². The van der Waals surface area contributed by atoms with E-state index < -0.39 is 0 Å². The molecule has 1 aromatic heterocycles. The molecule has 5 heteroatoms. The molecule has 0 aromatic carbocycles. The van der Waals surface area contributed by atoms with Gasteiger partial charge in [0.1, 0.15) is 0 Å². The van der Waals surface area contributed by atoms with Crippen molar-refractivity contribution in [3.8, 4) is 0 Å². The van der Waals surface area contributed by atoms with E-state index in [1.165, 1.54) is 6.42 Å². The third-order valence-electron chi connectivity index (χ3n) is 2.25. The van der Waals surface area contributed by atoms with Crippen LogP contribution in [0.1, 0.15) is 57.3 Å². The third kappa shape index (κ3) is 4.53. The number of hydrogen-bond acceptors (Lipinski definition) is 5. The van der Waals surface area contributed by atoms with Crippen LogP contribution in [0.25, 0.3) is 0 Å². The van der Waals surface area contributed by atoms with Gasteiger partial charge in [-0.2, -0.15) is 16.7 Å². The number of rotatable bonds is 8. The van der Waals surface area contributed by atoms with Crippen LogP contribution in [0.4, 0.5) is 0 Å². The second-order valence-electron chi connectivity index (χ2n) is 3.85. The average molecular weight is 243 g/mol. The highest BCUT2D eigenvalue weighted by Gasteiger charge is 2.13. The van der Waals surface area contributed by atoms with Crippen molar-refractivity contribution in [1.82, 2.24) is 10.1 Å². The molecular weight excluding hydrogens is 222 g/mol. The van der Waals surface area contributed by atoms with Crippen molar-refractivity contribution in [1.29, 1.82) is 0 Å². The second kappa shape index (κ2) is 7.68. The van der Waals surface area contributed by atoms with E-state index in [4.69, 9.17) is 10.3 Å². The Balaban J connectivity index is 2.37. The van der Waals surface area contributed by atoms with Gasteiger partial charge in [0, 0.05) is 0 Å². The summed E-state index contributed by atoms with van der Waals surface area (Å²) in [5.74, 6) is 3.30. The Hall–Kier alpha value is -0.550. The molecule has 92 valence electrons. The predicted molar refractivity (Wildman–Crippen MR) is 67.2 cm³/mol. The first-order valence-corrected chi connectivity index (χ1v) is 7.09. The van der Waals surface area contributed by atoms with Crippen molar-refractivity contribution >= 4 is 11.8 Å². The maximum absolute atomic E-state index is 5.95. The zero-order valence-electron chi connectivity index (χ0n) is 10.1. The topological polar surface area (TPSA) is 64.9 Å². The molecule has 0 aliphatic carbocycles. The summed E-state index contributed by atoms with van der Waals surface area (Å²) in [6.45, 7) is 4.31. The molecule has 0 aliphatic heterocycles.